The van der Waals surface area contributed by atoms with Gasteiger partial charge >= 0.3 is 0 Å². The van der Waals surface area contributed by atoms with E-state index in [0.29, 0.717) is 23.7 Å². The van der Waals surface area contributed by atoms with E-state index in [1.54, 1.807) is 13.4 Å². The van der Waals surface area contributed by atoms with Crippen LogP contribution in [0.3, 0.4) is 0 Å². The Morgan fingerprint density at radius 3 is 2.96 bits per heavy atom. The fourth-order valence-electron chi connectivity index (χ4n) is 3.07. The number of nitrogens with two attached hydrogens (primary N) is 1. The predicted octanol–water partition coefficient (Wildman–Crippen LogP) is 0.847. The third-order valence-electron chi connectivity index (χ3n) is 4.13. The molecule has 1 aliphatic heterocycles. The van der Waals surface area contributed by atoms with E-state index in [2.05, 4.69) is 19.8 Å². The lowest BCUT2D eigenvalue weighted by atomic mass is 10.00. The average molecular weight is 339 g/mol. The van der Waals surface area contributed by atoms with Crippen molar-refractivity contribution in [2.24, 2.45) is 5.92 Å². The van der Waals surface area contributed by atoms with E-state index < -0.39 is 0 Å². The van der Waals surface area contributed by atoms with Crippen molar-refractivity contribution in [2.45, 2.75) is 25.2 Å². The molecule has 3 heterocycles. The Morgan fingerprint density at radius 1 is 1.42 bits per heavy atom. The average Bonchev–Trinajstić information content (AvgIpc) is 3.16. The first kappa shape index (κ1) is 16.8. The maximum atomic E-state index is 8.70. The zero-order valence-corrected chi connectivity index (χ0v) is 13.6. The van der Waals surface area contributed by atoms with Gasteiger partial charge < -0.3 is 19.9 Å². The van der Waals surface area contributed by atoms with Crippen LogP contribution in [0.2, 0.25) is 0 Å². The molecular formula is C14H21N5O5. The molecule has 0 aromatic carbocycles. The third-order valence-corrected chi connectivity index (χ3v) is 4.13. The summed E-state index contributed by atoms with van der Waals surface area (Å²) in [5.74, 6) is 0.574. The number of aromatic nitrogens is 4. The quantitative estimate of drug-likeness (QED) is 0.557. The monoisotopic (exact) mass is 339 g/mol. The van der Waals surface area contributed by atoms with Crippen molar-refractivity contribution in [3.8, 4) is 5.88 Å². The molecule has 132 valence electrons. The summed E-state index contributed by atoms with van der Waals surface area (Å²) in [7, 11) is 3.16. The molecule has 0 spiro atoms. The van der Waals surface area contributed by atoms with Crippen molar-refractivity contribution in [1.29, 1.82) is 0 Å². The van der Waals surface area contributed by atoms with Gasteiger partial charge in [0, 0.05) is 19.6 Å². The Balaban J connectivity index is 1.96. The Morgan fingerprint density at radius 2 is 2.25 bits per heavy atom. The largest absolute Gasteiger partial charge is 0.479 e. The summed E-state index contributed by atoms with van der Waals surface area (Å²) < 4.78 is 18.2. The number of nitrogens with zero attached hydrogens (tertiary/aromatic N) is 4. The van der Waals surface area contributed by atoms with Gasteiger partial charge in [0.15, 0.2) is 11.2 Å². The normalized spacial score (nSPS) is 23.9. The molecule has 1 saturated heterocycles. The van der Waals surface area contributed by atoms with Gasteiger partial charge in [-0.25, -0.2) is 9.87 Å². The van der Waals surface area contributed by atoms with Gasteiger partial charge in [-0.3, -0.25) is 9.82 Å². The third kappa shape index (κ3) is 3.13. The van der Waals surface area contributed by atoms with Crippen LogP contribution in [0, 0.1) is 5.92 Å². The summed E-state index contributed by atoms with van der Waals surface area (Å²) in [6, 6.07) is 0. The van der Waals surface area contributed by atoms with Crippen LogP contribution in [-0.2, 0) is 14.4 Å². The lowest BCUT2D eigenvalue weighted by Gasteiger charge is -2.20. The minimum Gasteiger partial charge on any atom is -0.479 e. The highest BCUT2D eigenvalue weighted by molar-refractivity contribution is 5.77. The summed E-state index contributed by atoms with van der Waals surface area (Å²) >= 11 is 0. The van der Waals surface area contributed by atoms with Gasteiger partial charge in [0.25, 0.3) is 0 Å². The molecule has 2 aromatic rings. The van der Waals surface area contributed by atoms with Crippen LogP contribution in [0.25, 0.3) is 11.2 Å². The molecule has 3 atom stereocenters. The van der Waals surface area contributed by atoms with Crippen molar-refractivity contribution in [3.63, 3.8) is 0 Å². The second-order valence-electron chi connectivity index (χ2n) is 5.64. The van der Waals surface area contributed by atoms with Crippen molar-refractivity contribution in [1.82, 2.24) is 19.5 Å². The lowest BCUT2D eigenvalue weighted by molar-refractivity contribution is -0.260. The van der Waals surface area contributed by atoms with E-state index in [4.69, 9.17) is 25.2 Å². The topological polar surface area (TPSA) is 127 Å². The second-order valence-corrected chi connectivity index (χ2v) is 5.64. The van der Waals surface area contributed by atoms with Crippen LogP contribution in [0.4, 0.5) is 5.95 Å². The molecule has 0 radical (unpaired) electrons. The first-order valence-corrected chi connectivity index (χ1v) is 7.62. The van der Waals surface area contributed by atoms with E-state index in [1.165, 1.54) is 7.11 Å². The smallest absolute Gasteiger partial charge is 0.246 e. The van der Waals surface area contributed by atoms with Gasteiger partial charge in [-0.05, 0) is 12.8 Å². The maximum Gasteiger partial charge on any atom is 0.246 e. The Bertz CT molecular complexity index is 693. The highest BCUT2D eigenvalue weighted by atomic mass is 17.1. The van der Waals surface area contributed by atoms with Crippen molar-refractivity contribution >= 4 is 17.1 Å². The van der Waals surface area contributed by atoms with E-state index in [-0.39, 0.29) is 30.8 Å². The first-order chi connectivity index (χ1) is 11.7. The van der Waals surface area contributed by atoms with Gasteiger partial charge in [0.1, 0.15) is 12.8 Å². The number of ether oxygens (including phenoxy) is 3. The molecule has 10 heteroatoms. The van der Waals surface area contributed by atoms with E-state index in [0.717, 1.165) is 12.8 Å². The number of nitrogen functional groups attached to an aromatic ring is 1. The number of hydrogen-bond donors (Lipinski definition) is 2. The van der Waals surface area contributed by atoms with Gasteiger partial charge in [-0.1, -0.05) is 0 Å². The number of anilines is 1. The number of imidazole rings is 1. The molecule has 3 unspecified atom stereocenters. The summed E-state index contributed by atoms with van der Waals surface area (Å²) in [4.78, 5) is 16.9. The molecule has 1 aliphatic rings. The molecular weight excluding hydrogens is 318 g/mol. The molecule has 0 saturated carbocycles. The zero-order chi connectivity index (χ0) is 17.1. The standard InChI is InChI=1S/C14H21N5O5/c1-21-4-3-8-5-9(6-23-20)24-13(8)19-7-16-10-11(19)17-14(15)18-12(10)22-2/h7-9,13,20H,3-6H2,1-2H3,(H2,15,17,18). The predicted molar refractivity (Wildman–Crippen MR) is 83.4 cm³/mol. The van der Waals surface area contributed by atoms with Gasteiger partial charge in [-0.15, -0.1) is 0 Å². The molecule has 24 heavy (non-hydrogen) atoms. The molecule has 0 amide bonds. The summed E-state index contributed by atoms with van der Waals surface area (Å²) in [6.45, 7) is 0.706. The molecule has 10 nitrogen and oxygen atoms in total. The van der Waals surface area contributed by atoms with Crippen molar-refractivity contribution < 1.29 is 24.4 Å². The van der Waals surface area contributed by atoms with Crippen LogP contribution in [0.15, 0.2) is 6.33 Å². The molecule has 1 fully saturated rings. The zero-order valence-electron chi connectivity index (χ0n) is 13.6. The van der Waals surface area contributed by atoms with Gasteiger partial charge in [0.05, 0.1) is 19.5 Å². The SMILES string of the molecule is COCCC1CC(COO)OC1n1cnc2c(OC)nc(N)nc21. The Kier molecular flexibility index (Phi) is 5.09. The van der Waals surface area contributed by atoms with Gasteiger partial charge in [-0.2, -0.15) is 9.97 Å². The van der Waals surface area contributed by atoms with Crippen LogP contribution in [0.5, 0.6) is 5.88 Å². The van der Waals surface area contributed by atoms with Crippen LogP contribution < -0.4 is 10.5 Å². The fraction of sp³-hybridized carbons (Fsp3) is 0.643. The van der Waals surface area contributed by atoms with E-state index >= 15 is 0 Å². The molecule has 0 bridgehead atoms. The van der Waals surface area contributed by atoms with Crippen LogP contribution in [-0.4, -0.2) is 58.3 Å². The number of methoxy groups -OCH3 is 2. The number of fused-ring (bicyclic) bond motifs is 1. The van der Waals surface area contributed by atoms with Crippen molar-refractivity contribution in [2.75, 3.05) is 33.2 Å². The number of rotatable bonds is 7. The second kappa shape index (κ2) is 7.26. The lowest BCUT2D eigenvalue weighted by Crippen LogP contribution is -2.18. The molecule has 2 aromatic heterocycles. The van der Waals surface area contributed by atoms with E-state index in [1.807, 2.05) is 4.57 Å². The summed E-state index contributed by atoms with van der Waals surface area (Å²) in [5.41, 5.74) is 6.82. The highest BCUT2D eigenvalue weighted by Gasteiger charge is 2.37. The number of hydrogen-bond acceptors (Lipinski definition) is 9. The minimum atomic E-state index is -0.315. The van der Waals surface area contributed by atoms with Crippen LogP contribution in [0.1, 0.15) is 19.1 Å². The fourth-order valence-corrected chi connectivity index (χ4v) is 3.07. The molecule has 0 aliphatic carbocycles. The van der Waals surface area contributed by atoms with Crippen LogP contribution >= 0.6 is 0 Å². The Hall–Kier alpha value is -2.01. The first-order valence-electron chi connectivity index (χ1n) is 7.62. The Labute approximate surface area is 138 Å². The maximum absolute atomic E-state index is 8.70. The molecule has 3 N–H and O–H groups in total. The van der Waals surface area contributed by atoms with Gasteiger partial charge in [0.2, 0.25) is 11.8 Å². The summed E-state index contributed by atoms with van der Waals surface area (Å²) in [5, 5.41) is 8.70. The van der Waals surface area contributed by atoms with Crippen molar-refractivity contribution in [3.05, 3.63) is 6.33 Å². The summed E-state index contributed by atoms with van der Waals surface area (Å²) in [6.07, 6.45) is 2.62. The van der Waals surface area contributed by atoms with E-state index in [9.17, 15) is 0 Å². The highest BCUT2D eigenvalue weighted by Crippen LogP contribution is 2.38. The molecule has 3 rings (SSSR count). The minimum absolute atomic E-state index is 0.0998.